The predicted octanol–water partition coefficient (Wildman–Crippen LogP) is 1.44. The highest BCUT2D eigenvalue weighted by Gasteiger charge is 2.22. The minimum Gasteiger partial charge on any atom is -0.383 e. The molecule has 0 saturated heterocycles. The SMILES string of the molecule is COCC(N)C(=O)N[C@@H](C)C1CCCCCC1. The van der Waals surface area contributed by atoms with Gasteiger partial charge in [0, 0.05) is 13.2 Å². The van der Waals surface area contributed by atoms with Crippen LogP contribution in [-0.2, 0) is 9.53 Å². The van der Waals surface area contributed by atoms with Gasteiger partial charge in [0.1, 0.15) is 6.04 Å². The van der Waals surface area contributed by atoms with Gasteiger partial charge in [0.25, 0.3) is 0 Å². The van der Waals surface area contributed by atoms with E-state index in [1.807, 2.05) is 0 Å². The van der Waals surface area contributed by atoms with Crippen LogP contribution in [0.25, 0.3) is 0 Å². The van der Waals surface area contributed by atoms with E-state index < -0.39 is 6.04 Å². The molecule has 0 aromatic rings. The highest BCUT2D eigenvalue weighted by Crippen LogP contribution is 2.25. The highest BCUT2D eigenvalue weighted by molar-refractivity contribution is 5.81. The molecule has 0 spiro atoms. The molecule has 1 fully saturated rings. The second kappa shape index (κ2) is 7.67. The summed E-state index contributed by atoms with van der Waals surface area (Å²) in [5.41, 5.74) is 5.70. The summed E-state index contributed by atoms with van der Waals surface area (Å²) in [6, 6.07) is -0.322. The molecule has 4 heteroatoms. The van der Waals surface area contributed by atoms with Crippen molar-refractivity contribution in [2.24, 2.45) is 11.7 Å². The molecule has 1 rings (SSSR count). The Morgan fingerprint density at radius 2 is 1.94 bits per heavy atom. The molecule has 0 bridgehead atoms. The van der Waals surface area contributed by atoms with Gasteiger partial charge in [-0.1, -0.05) is 25.7 Å². The maximum atomic E-state index is 11.8. The Labute approximate surface area is 104 Å². The molecule has 1 aliphatic carbocycles. The zero-order chi connectivity index (χ0) is 12.7. The topological polar surface area (TPSA) is 64.3 Å². The lowest BCUT2D eigenvalue weighted by Crippen LogP contribution is -2.48. The van der Waals surface area contributed by atoms with Crippen LogP contribution in [0.4, 0.5) is 0 Å². The van der Waals surface area contributed by atoms with Crippen LogP contribution in [0.1, 0.15) is 45.4 Å². The van der Waals surface area contributed by atoms with E-state index in [0.29, 0.717) is 5.92 Å². The summed E-state index contributed by atoms with van der Waals surface area (Å²) < 4.78 is 4.89. The van der Waals surface area contributed by atoms with E-state index in [1.165, 1.54) is 38.5 Å². The zero-order valence-corrected chi connectivity index (χ0v) is 11.1. The molecule has 1 saturated carbocycles. The first kappa shape index (κ1) is 14.5. The maximum Gasteiger partial charge on any atom is 0.239 e. The minimum absolute atomic E-state index is 0.0939. The van der Waals surface area contributed by atoms with Crippen LogP contribution >= 0.6 is 0 Å². The Balaban J connectivity index is 2.35. The van der Waals surface area contributed by atoms with Gasteiger partial charge in [0.2, 0.25) is 5.91 Å². The lowest BCUT2D eigenvalue weighted by molar-refractivity contribution is -0.124. The molecule has 0 aliphatic heterocycles. The summed E-state index contributed by atoms with van der Waals surface area (Å²) >= 11 is 0. The van der Waals surface area contributed by atoms with E-state index in [0.717, 1.165) is 0 Å². The fraction of sp³-hybridized carbons (Fsp3) is 0.923. The Morgan fingerprint density at radius 1 is 1.35 bits per heavy atom. The van der Waals surface area contributed by atoms with Crippen molar-refractivity contribution in [3.8, 4) is 0 Å². The molecule has 0 aromatic heterocycles. The fourth-order valence-electron chi connectivity index (χ4n) is 2.52. The summed E-state index contributed by atoms with van der Waals surface area (Å²) in [7, 11) is 1.56. The van der Waals surface area contributed by atoms with Crippen molar-refractivity contribution in [3.63, 3.8) is 0 Å². The summed E-state index contributed by atoms with van der Waals surface area (Å²) in [6.45, 7) is 2.37. The zero-order valence-electron chi connectivity index (χ0n) is 11.1. The average Bonchev–Trinajstić information content (AvgIpc) is 2.57. The number of nitrogens with one attached hydrogen (secondary N) is 1. The van der Waals surface area contributed by atoms with Crippen LogP contribution in [0.2, 0.25) is 0 Å². The largest absolute Gasteiger partial charge is 0.383 e. The first-order valence-corrected chi connectivity index (χ1v) is 6.70. The van der Waals surface area contributed by atoms with Crippen molar-refractivity contribution in [2.75, 3.05) is 13.7 Å². The molecule has 0 radical (unpaired) electrons. The first-order chi connectivity index (χ1) is 8.15. The highest BCUT2D eigenvalue weighted by atomic mass is 16.5. The molecule has 4 nitrogen and oxygen atoms in total. The number of nitrogens with two attached hydrogens (primary N) is 1. The van der Waals surface area contributed by atoms with Crippen molar-refractivity contribution in [1.82, 2.24) is 5.32 Å². The van der Waals surface area contributed by atoms with Gasteiger partial charge in [-0.05, 0) is 25.7 Å². The predicted molar refractivity (Wildman–Crippen MR) is 68.6 cm³/mol. The number of ether oxygens (including phenoxy) is 1. The van der Waals surface area contributed by atoms with Gasteiger partial charge in [0.15, 0.2) is 0 Å². The molecule has 2 atom stereocenters. The number of amides is 1. The van der Waals surface area contributed by atoms with Crippen molar-refractivity contribution in [2.45, 2.75) is 57.5 Å². The first-order valence-electron chi connectivity index (χ1n) is 6.70. The van der Waals surface area contributed by atoms with Crippen LogP contribution < -0.4 is 11.1 Å². The summed E-state index contributed by atoms with van der Waals surface area (Å²) in [5, 5.41) is 3.02. The fourth-order valence-corrected chi connectivity index (χ4v) is 2.52. The Hall–Kier alpha value is -0.610. The van der Waals surface area contributed by atoms with E-state index in [1.54, 1.807) is 7.11 Å². The monoisotopic (exact) mass is 242 g/mol. The summed E-state index contributed by atoms with van der Waals surface area (Å²) in [6.07, 6.45) is 7.69. The van der Waals surface area contributed by atoms with Gasteiger partial charge in [-0.2, -0.15) is 0 Å². The Bertz CT molecular complexity index is 225. The van der Waals surface area contributed by atoms with Crippen LogP contribution in [0.3, 0.4) is 0 Å². The second-order valence-corrected chi connectivity index (χ2v) is 5.11. The number of hydrogen-bond acceptors (Lipinski definition) is 3. The van der Waals surface area contributed by atoms with Crippen molar-refractivity contribution < 1.29 is 9.53 Å². The van der Waals surface area contributed by atoms with Gasteiger partial charge in [0.05, 0.1) is 6.61 Å². The van der Waals surface area contributed by atoms with E-state index >= 15 is 0 Å². The van der Waals surface area contributed by atoms with Crippen LogP contribution in [0.15, 0.2) is 0 Å². The number of carbonyl (C=O) groups excluding carboxylic acids is 1. The molecule has 1 amide bonds. The smallest absolute Gasteiger partial charge is 0.239 e. The van der Waals surface area contributed by atoms with Crippen molar-refractivity contribution >= 4 is 5.91 Å². The summed E-state index contributed by atoms with van der Waals surface area (Å²) in [5.74, 6) is 0.514. The minimum atomic E-state index is -0.548. The standard InChI is InChI=1S/C13H26N2O2/c1-10(11-7-5-3-4-6-8-11)15-13(16)12(14)9-17-2/h10-12H,3-9,14H2,1-2H3,(H,15,16)/t10-,12?/m0/s1. The lowest BCUT2D eigenvalue weighted by atomic mass is 9.93. The maximum absolute atomic E-state index is 11.8. The number of hydrogen-bond donors (Lipinski definition) is 2. The molecular weight excluding hydrogens is 216 g/mol. The number of methoxy groups -OCH3 is 1. The van der Waals surface area contributed by atoms with Gasteiger partial charge in [-0.15, -0.1) is 0 Å². The number of rotatable bonds is 5. The lowest BCUT2D eigenvalue weighted by Gasteiger charge is -2.24. The van der Waals surface area contributed by atoms with Gasteiger partial charge in [-0.3, -0.25) is 4.79 Å². The van der Waals surface area contributed by atoms with E-state index in [9.17, 15) is 4.79 Å². The van der Waals surface area contributed by atoms with Crippen molar-refractivity contribution in [1.29, 1.82) is 0 Å². The Morgan fingerprint density at radius 3 is 2.47 bits per heavy atom. The molecular formula is C13H26N2O2. The molecule has 1 aliphatic rings. The second-order valence-electron chi connectivity index (χ2n) is 5.11. The van der Waals surface area contributed by atoms with Crippen LogP contribution in [-0.4, -0.2) is 31.7 Å². The summed E-state index contributed by atoms with van der Waals surface area (Å²) in [4.78, 5) is 11.8. The van der Waals surface area contributed by atoms with E-state index in [2.05, 4.69) is 12.2 Å². The average molecular weight is 242 g/mol. The van der Waals surface area contributed by atoms with Gasteiger partial charge >= 0.3 is 0 Å². The third-order valence-electron chi connectivity index (χ3n) is 3.66. The van der Waals surface area contributed by atoms with Crippen LogP contribution in [0.5, 0.6) is 0 Å². The van der Waals surface area contributed by atoms with Crippen LogP contribution in [0, 0.1) is 5.92 Å². The molecule has 17 heavy (non-hydrogen) atoms. The Kier molecular flexibility index (Phi) is 6.52. The molecule has 100 valence electrons. The normalized spacial score (nSPS) is 21.6. The van der Waals surface area contributed by atoms with E-state index in [-0.39, 0.29) is 18.6 Å². The molecule has 1 unspecified atom stereocenters. The van der Waals surface area contributed by atoms with E-state index in [4.69, 9.17) is 10.5 Å². The van der Waals surface area contributed by atoms with Gasteiger partial charge < -0.3 is 15.8 Å². The van der Waals surface area contributed by atoms with Gasteiger partial charge in [-0.25, -0.2) is 0 Å². The third-order valence-corrected chi connectivity index (χ3v) is 3.66. The molecule has 0 aromatic carbocycles. The third kappa shape index (κ3) is 5.04. The quantitative estimate of drug-likeness (QED) is 0.717. The molecule has 3 N–H and O–H groups in total. The van der Waals surface area contributed by atoms with Crippen molar-refractivity contribution in [3.05, 3.63) is 0 Å². The molecule has 0 heterocycles. The number of carbonyl (C=O) groups is 1.